The summed E-state index contributed by atoms with van der Waals surface area (Å²) in [5, 5.41) is 15.0. The highest BCUT2D eigenvalue weighted by molar-refractivity contribution is 5.94. The molecule has 1 amide bonds. The number of fused-ring (bicyclic) bond motifs is 1. The first kappa shape index (κ1) is 24.8. The molecule has 0 radical (unpaired) electrons. The van der Waals surface area contributed by atoms with Crippen LogP contribution in [0.5, 0.6) is 0 Å². The van der Waals surface area contributed by atoms with E-state index in [9.17, 15) is 4.79 Å². The van der Waals surface area contributed by atoms with Gasteiger partial charge in [-0.25, -0.2) is 4.98 Å². The first-order valence-corrected chi connectivity index (χ1v) is 13.1. The van der Waals surface area contributed by atoms with Crippen LogP contribution < -0.4 is 10.6 Å². The Bertz CT molecular complexity index is 1390. The average molecular weight is 495 g/mol. The van der Waals surface area contributed by atoms with Gasteiger partial charge in [0, 0.05) is 24.3 Å². The number of piperidine rings is 1. The van der Waals surface area contributed by atoms with Gasteiger partial charge in [0.1, 0.15) is 5.52 Å². The summed E-state index contributed by atoms with van der Waals surface area (Å²) < 4.78 is 0. The van der Waals surface area contributed by atoms with E-state index in [4.69, 9.17) is 4.98 Å². The Balaban J connectivity index is 1.25. The van der Waals surface area contributed by atoms with Crippen LogP contribution in [0.15, 0.2) is 54.6 Å². The molecule has 0 atom stereocenters. The number of carbonyl (C=O) groups is 1. The largest absolute Gasteiger partial charge is 0.351 e. The Kier molecular flexibility index (Phi) is 7.42. The molecule has 37 heavy (non-hydrogen) atoms. The van der Waals surface area contributed by atoms with E-state index in [1.165, 1.54) is 36.0 Å². The molecule has 1 aromatic heterocycles. The number of aromatic nitrogens is 3. The van der Waals surface area contributed by atoms with Gasteiger partial charge < -0.3 is 15.5 Å². The van der Waals surface area contributed by atoms with Crippen LogP contribution in [0.3, 0.4) is 0 Å². The summed E-state index contributed by atoms with van der Waals surface area (Å²) in [7, 11) is 0. The Morgan fingerprint density at radius 2 is 1.62 bits per heavy atom. The lowest BCUT2D eigenvalue weighted by Gasteiger charge is -2.26. The minimum absolute atomic E-state index is 0.0532. The van der Waals surface area contributed by atoms with Crippen LogP contribution in [0.2, 0.25) is 0 Å². The molecule has 5 rings (SSSR count). The average Bonchev–Trinajstić information content (AvgIpc) is 2.90. The fraction of sp³-hybridized carbons (Fsp3) is 0.333. The predicted octanol–water partition coefficient (Wildman–Crippen LogP) is 5.58. The number of aryl methyl sites for hydroxylation is 3. The van der Waals surface area contributed by atoms with E-state index in [0.717, 1.165) is 47.5 Å². The number of nitrogens with one attached hydrogen (secondary N) is 2. The first-order valence-electron chi connectivity index (χ1n) is 13.1. The molecule has 7 nitrogen and oxygen atoms in total. The number of hydrogen-bond donors (Lipinski definition) is 2. The number of hydrogen-bond acceptors (Lipinski definition) is 6. The van der Waals surface area contributed by atoms with Gasteiger partial charge in [-0.05, 0) is 111 Å². The topological polar surface area (TPSA) is 83.0 Å². The Hall–Kier alpha value is -3.84. The fourth-order valence-electron chi connectivity index (χ4n) is 5.13. The molecule has 0 spiro atoms. The van der Waals surface area contributed by atoms with Crippen LogP contribution in [0.1, 0.15) is 46.3 Å². The highest BCUT2D eigenvalue weighted by atomic mass is 16.1. The van der Waals surface area contributed by atoms with Gasteiger partial charge >= 0.3 is 0 Å². The SMILES string of the molecule is Cc1cccc(C)c1-c1cc(C)c2nc(Nc3ccc(C(=O)NCCN4CCCCC4)cc3)nnc2c1. The lowest BCUT2D eigenvalue weighted by molar-refractivity contribution is 0.0946. The number of benzene rings is 3. The third-order valence-corrected chi connectivity index (χ3v) is 7.09. The summed E-state index contributed by atoms with van der Waals surface area (Å²) in [6, 6.07) is 17.9. The zero-order valence-electron chi connectivity index (χ0n) is 21.8. The third kappa shape index (κ3) is 5.78. The van der Waals surface area contributed by atoms with E-state index in [1.807, 2.05) is 24.3 Å². The summed E-state index contributed by atoms with van der Waals surface area (Å²) in [6.45, 7) is 10.1. The lowest BCUT2D eigenvalue weighted by atomic mass is 9.94. The second kappa shape index (κ2) is 11.0. The molecular weight excluding hydrogens is 460 g/mol. The molecule has 0 bridgehead atoms. The summed E-state index contributed by atoms with van der Waals surface area (Å²) in [5.74, 6) is 0.372. The predicted molar refractivity (Wildman–Crippen MR) is 149 cm³/mol. The van der Waals surface area contributed by atoms with E-state index in [2.05, 4.69) is 76.8 Å². The van der Waals surface area contributed by atoms with Gasteiger partial charge in [-0.2, -0.15) is 0 Å². The highest BCUT2D eigenvalue weighted by Gasteiger charge is 2.13. The van der Waals surface area contributed by atoms with Crippen molar-refractivity contribution in [3.05, 3.63) is 76.9 Å². The van der Waals surface area contributed by atoms with Crippen LogP contribution in [-0.4, -0.2) is 52.2 Å². The third-order valence-electron chi connectivity index (χ3n) is 7.09. The summed E-state index contributed by atoms with van der Waals surface area (Å²) in [4.78, 5) is 19.7. The molecular formula is C30H34N6O. The summed E-state index contributed by atoms with van der Waals surface area (Å²) in [5.41, 5.74) is 8.89. The Labute approximate surface area is 218 Å². The molecule has 0 aliphatic carbocycles. The second-order valence-electron chi connectivity index (χ2n) is 9.92. The monoisotopic (exact) mass is 494 g/mol. The number of nitrogens with zero attached hydrogens (tertiary/aromatic N) is 4. The zero-order valence-corrected chi connectivity index (χ0v) is 21.8. The maximum Gasteiger partial charge on any atom is 0.251 e. The second-order valence-corrected chi connectivity index (χ2v) is 9.92. The molecule has 190 valence electrons. The van der Waals surface area contributed by atoms with E-state index in [1.54, 1.807) is 0 Å². The van der Waals surface area contributed by atoms with Crippen molar-refractivity contribution in [1.29, 1.82) is 0 Å². The van der Waals surface area contributed by atoms with Crippen molar-refractivity contribution in [3.63, 3.8) is 0 Å². The maximum atomic E-state index is 12.5. The van der Waals surface area contributed by atoms with Crippen LogP contribution in [-0.2, 0) is 0 Å². The van der Waals surface area contributed by atoms with Gasteiger partial charge in [0.25, 0.3) is 5.91 Å². The molecule has 1 fully saturated rings. The van der Waals surface area contributed by atoms with Crippen molar-refractivity contribution in [1.82, 2.24) is 25.4 Å². The van der Waals surface area contributed by atoms with Crippen molar-refractivity contribution >= 4 is 28.6 Å². The number of anilines is 2. The van der Waals surface area contributed by atoms with Gasteiger partial charge in [0.2, 0.25) is 5.95 Å². The van der Waals surface area contributed by atoms with E-state index < -0.39 is 0 Å². The molecule has 1 aliphatic heterocycles. The van der Waals surface area contributed by atoms with Crippen molar-refractivity contribution in [3.8, 4) is 11.1 Å². The van der Waals surface area contributed by atoms with E-state index in [-0.39, 0.29) is 5.91 Å². The van der Waals surface area contributed by atoms with E-state index >= 15 is 0 Å². The van der Waals surface area contributed by atoms with Crippen LogP contribution in [0.25, 0.3) is 22.2 Å². The van der Waals surface area contributed by atoms with Crippen molar-refractivity contribution in [2.75, 3.05) is 31.5 Å². The van der Waals surface area contributed by atoms with Gasteiger partial charge in [-0.3, -0.25) is 4.79 Å². The van der Waals surface area contributed by atoms with Crippen molar-refractivity contribution < 1.29 is 4.79 Å². The molecule has 4 aromatic rings. The molecule has 0 unspecified atom stereocenters. The molecule has 1 saturated heterocycles. The standard InChI is InChI=1S/C30H34N6O/c1-20-8-7-9-21(2)27(20)24-18-22(3)28-26(19-24)34-35-30(33-28)32-25-12-10-23(11-13-25)29(37)31-14-17-36-15-5-4-6-16-36/h7-13,18-19H,4-6,14-17H2,1-3H3,(H,31,37)(H,32,33,35). The molecule has 0 saturated carbocycles. The van der Waals surface area contributed by atoms with Gasteiger partial charge in [0.05, 0.1) is 5.52 Å². The number of likely N-dealkylation sites (tertiary alicyclic amines) is 1. The molecule has 3 aromatic carbocycles. The lowest BCUT2D eigenvalue weighted by Crippen LogP contribution is -2.37. The normalized spacial score (nSPS) is 14.0. The van der Waals surface area contributed by atoms with Crippen LogP contribution in [0, 0.1) is 20.8 Å². The van der Waals surface area contributed by atoms with Crippen molar-refractivity contribution in [2.24, 2.45) is 0 Å². The number of rotatable bonds is 7. The van der Waals surface area contributed by atoms with Crippen molar-refractivity contribution in [2.45, 2.75) is 40.0 Å². The van der Waals surface area contributed by atoms with Crippen LogP contribution in [0.4, 0.5) is 11.6 Å². The molecule has 2 heterocycles. The Morgan fingerprint density at radius 1 is 0.892 bits per heavy atom. The highest BCUT2D eigenvalue weighted by Crippen LogP contribution is 2.31. The minimum atomic E-state index is -0.0532. The van der Waals surface area contributed by atoms with Gasteiger partial charge in [-0.1, -0.05) is 24.6 Å². The molecule has 2 N–H and O–H groups in total. The first-order chi connectivity index (χ1) is 18.0. The number of amides is 1. The van der Waals surface area contributed by atoms with Gasteiger partial charge in [0.15, 0.2) is 0 Å². The maximum absolute atomic E-state index is 12.5. The molecule has 1 aliphatic rings. The smallest absolute Gasteiger partial charge is 0.251 e. The summed E-state index contributed by atoms with van der Waals surface area (Å²) in [6.07, 6.45) is 3.83. The fourth-order valence-corrected chi connectivity index (χ4v) is 5.13. The zero-order chi connectivity index (χ0) is 25.8. The Morgan fingerprint density at radius 3 is 2.35 bits per heavy atom. The number of carbonyl (C=O) groups excluding carboxylic acids is 1. The molecule has 7 heteroatoms. The quantitative estimate of drug-likeness (QED) is 0.349. The minimum Gasteiger partial charge on any atom is -0.351 e. The van der Waals surface area contributed by atoms with Crippen LogP contribution >= 0.6 is 0 Å². The van der Waals surface area contributed by atoms with Gasteiger partial charge in [-0.15, -0.1) is 10.2 Å². The summed E-state index contributed by atoms with van der Waals surface area (Å²) >= 11 is 0. The van der Waals surface area contributed by atoms with E-state index in [0.29, 0.717) is 18.1 Å².